The van der Waals surface area contributed by atoms with E-state index in [-0.39, 0.29) is 5.75 Å². The fraction of sp³-hybridized carbons (Fsp3) is 0.125. The van der Waals surface area contributed by atoms with Gasteiger partial charge >= 0.3 is 0 Å². The fourth-order valence-electron chi connectivity index (χ4n) is 0.739. The van der Waals surface area contributed by atoms with Gasteiger partial charge in [0.25, 0.3) is 0 Å². The van der Waals surface area contributed by atoms with Crippen molar-refractivity contribution in [1.82, 2.24) is 4.78 Å². The van der Waals surface area contributed by atoms with E-state index in [0.29, 0.717) is 7.93 Å². The van der Waals surface area contributed by atoms with Gasteiger partial charge in [0, 0.05) is 7.05 Å². The molecular formula is C8H11N2OPS. The Bertz CT molecular complexity index is 289. The Labute approximate surface area is 84.5 Å². The minimum Gasteiger partial charge on any atom is -0.508 e. The number of hydrogen-bond acceptors (Lipinski definition) is 4. The maximum atomic E-state index is 9.01. The Morgan fingerprint density at radius 2 is 2.08 bits per heavy atom. The lowest BCUT2D eigenvalue weighted by atomic mass is 10.2. The largest absolute Gasteiger partial charge is 0.508 e. The topological polar surface area (TPSA) is 35.8 Å². The summed E-state index contributed by atoms with van der Waals surface area (Å²) in [5.74, 6) is 0.265. The van der Waals surface area contributed by atoms with Crippen molar-refractivity contribution in [2.75, 3.05) is 7.05 Å². The number of nitrogens with zero attached hydrogens (tertiary/aromatic N) is 2. The highest BCUT2D eigenvalue weighted by Crippen LogP contribution is 2.19. The van der Waals surface area contributed by atoms with Gasteiger partial charge in [-0.05, 0) is 29.8 Å². The van der Waals surface area contributed by atoms with Crippen molar-refractivity contribution in [1.29, 1.82) is 0 Å². The number of hydrogen-bond donors (Lipinski definition) is 2. The molecule has 0 aliphatic carbocycles. The van der Waals surface area contributed by atoms with Crippen LogP contribution in [0.25, 0.3) is 0 Å². The summed E-state index contributed by atoms with van der Waals surface area (Å²) in [4.78, 5) is 0. The predicted molar refractivity (Wildman–Crippen MR) is 60.8 cm³/mol. The molecule has 0 bridgehead atoms. The summed E-state index contributed by atoms with van der Waals surface area (Å²) in [7, 11) is 2.21. The molecule has 1 N–H and O–H groups in total. The van der Waals surface area contributed by atoms with Crippen LogP contribution in [0.4, 0.5) is 0 Å². The first-order valence-corrected chi connectivity index (χ1v) is 5.92. The van der Waals surface area contributed by atoms with Crippen molar-refractivity contribution in [2.24, 2.45) is 5.10 Å². The van der Waals surface area contributed by atoms with E-state index in [1.807, 2.05) is 7.05 Å². The highest BCUT2D eigenvalue weighted by atomic mass is 32.7. The molecule has 3 nitrogen and oxygen atoms in total. The third kappa shape index (κ3) is 3.66. The summed E-state index contributed by atoms with van der Waals surface area (Å²) in [6, 6.07) is 6.86. The molecule has 1 unspecified atom stereocenters. The van der Waals surface area contributed by atoms with Crippen LogP contribution in [0, 0.1) is 0 Å². The molecule has 0 saturated carbocycles. The molecule has 0 heterocycles. The van der Waals surface area contributed by atoms with Crippen molar-refractivity contribution in [3.05, 3.63) is 29.8 Å². The van der Waals surface area contributed by atoms with Gasteiger partial charge in [0.05, 0.1) is 14.1 Å². The van der Waals surface area contributed by atoms with Crippen molar-refractivity contribution in [2.45, 2.75) is 0 Å². The van der Waals surface area contributed by atoms with E-state index in [4.69, 9.17) is 5.11 Å². The third-order valence-corrected chi connectivity index (χ3v) is 2.69. The zero-order valence-electron chi connectivity index (χ0n) is 7.18. The molecule has 1 rings (SSSR count). The van der Waals surface area contributed by atoms with Crippen LogP contribution < -0.4 is 0 Å². The van der Waals surface area contributed by atoms with E-state index in [0.717, 1.165) is 5.56 Å². The SMILES string of the molecule is CN(/N=C/c1ccc(O)cc1)PS. The number of phenols is 1. The van der Waals surface area contributed by atoms with Crippen LogP contribution in [-0.4, -0.2) is 23.1 Å². The molecule has 70 valence electrons. The number of rotatable bonds is 3. The Balaban J connectivity index is 2.64. The summed E-state index contributed by atoms with van der Waals surface area (Å²) >= 11 is 4.08. The van der Waals surface area contributed by atoms with Gasteiger partial charge in [0.1, 0.15) is 5.75 Å². The average Bonchev–Trinajstić information content (AvgIpc) is 2.16. The van der Waals surface area contributed by atoms with Gasteiger partial charge in [-0.3, -0.25) is 4.78 Å². The van der Waals surface area contributed by atoms with Gasteiger partial charge in [-0.25, -0.2) is 0 Å². The van der Waals surface area contributed by atoms with Gasteiger partial charge in [0.2, 0.25) is 0 Å². The van der Waals surface area contributed by atoms with Gasteiger partial charge in [-0.2, -0.15) is 5.10 Å². The second kappa shape index (κ2) is 5.10. The molecule has 0 radical (unpaired) electrons. The second-order valence-corrected chi connectivity index (χ2v) is 3.91. The summed E-state index contributed by atoms with van der Waals surface area (Å²) < 4.78 is 1.73. The van der Waals surface area contributed by atoms with Crippen LogP contribution >= 0.6 is 20.2 Å². The number of hydrazone groups is 1. The van der Waals surface area contributed by atoms with Crippen molar-refractivity contribution < 1.29 is 5.11 Å². The minimum atomic E-state index is 0.265. The highest BCUT2D eigenvalue weighted by molar-refractivity contribution is 8.37. The third-order valence-electron chi connectivity index (χ3n) is 1.42. The van der Waals surface area contributed by atoms with Crippen LogP contribution in [0.1, 0.15) is 5.56 Å². The lowest BCUT2D eigenvalue weighted by Gasteiger charge is -2.06. The fourth-order valence-corrected chi connectivity index (χ4v) is 1.00. The zero-order chi connectivity index (χ0) is 9.68. The standard InChI is InChI=1S/C8H11N2OPS/c1-10(12-13)9-6-7-2-4-8(11)5-3-7/h2-6,11-13H,1H3/b9-6+. The van der Waals surface area contributed by atoms with Crippen molar-refractivity contribution >= 4 is 26.4 Å². The summed E-state index contributed by atoms with van der Waals surface area (Å²) in [5, 5.41) is 13.1. The molecule has 5 heteroatoms. The van der Waals surface area contributed by atoms with Crippen molar-refractivity contribution in [3.8, 4) is 5.75 Å². The molecular weight excluding hydrogens is 203 g/mol. The maximum Gasteiger partial charge on any atom is 0.115 e. The smallest absolute Gasteiger partial charge is 0.115 e. The lowest BCUT2D eigenvalue weighted by molar-refractivity contribution is 0.475. The first-order chi connectivity index (χ1) is 6.22. The van der Waals surface area contributed by atoms with Gasteiger partial charge in [-0.15, -0.1) is 12.2 Å². The molecule has 0 aliphatic rings. The van der Waals surface area contributed by atoms with E-state index < -0.39 is 0 Å². The van der Waals surface area contributed by atoms with Crippen LogP contribution in [-0.2, 0) is 0 Å². The molecule has 1 aromatic carbocycles. The molecule has 0 fully saturated rings. The molecule has 1 atom stereocenters. The quantitative estimate of drug-likeness (QED) is 0.350. The van der Waals surface area contributed by atoms with Crippen LogP contribution in [0.5, 0.6) is 5.75 Å². The lowest BCUT2D eigenvalue weighted by Crippen LogP contribution is -1.95. The second-order valence-electron chi connectivity index (χ2n) is 2.46. The Morgan fingerprint density at radius 1 is 1.46 bits per heavy atom. The Morgan fingerprint density at radius 3 is 2.62 bits per heavy atom. The van der Waals surface area contributed by atoms with E-state index in [9.17, 15) is 0 Å². The average molecular weight is 214 g/mol. The number of phenolic OH excluding ortho intramolecular Hbond substituents is 1. The van der Waals surface area contributed by atoms with E-state index in [1.54, 1.807) is 35.3 Å². The number of thiol groups is 1. The Hall–Kier alpha value is -0.730. The zero-order valence-corrected chi connectivity index (χ0v) is 9.07. The molecule has 0 spiro atoms. The van der Waals surface area contributed by atoms with Crippen LogP contribution in [0.2, 0.25) is 0 Å². The summed E-state index contributed by atoms with van der Waals surface area (Å²) in [6.07, 6.45) is 1.72. The first-order valence-electron chi connectivity index (χ1n) is 3.69. The highest BCUT2D eigenvalue weighted by Gasteiger charge is 1.89. The van der Waals surface area contributed by atoms with E-state index in [2.05, 4.69) is 17.4 Å². The van der Waals surface area contributed by atoms with Crippen molar-refractivity contribution in [3.63, 3.8) is 0 Å². The van der Waals surface area contributed by atoms with Crippen LogP contribution in [0.15, 0.2) is 29.4 Å². The summed E-state index contributed by atoms with van der Waals surface area (Å²) in [6.45, 7) is 0. The summed E-state index contributed by atoms with van der Waals surface area (Å²) in [5.41, 5.74) is 0.955. The normalized spacial score (nSPS) is 11.5. The van der Waals surface area contributed by atoms with Crippen LogP contribution in [0.3, 0.4) is 0 Å². The molecule has 13 heavy (non-hydrogen) atoms. The number of benzene rings is 1. The monoisotopic (exact) mass is 214 g/mol. The van der Waals surface area contributed by atoms with Gasteiger partial charge in [-0.1, -0.05) is 0 Å². The minimum absolute atomic E-state index is 0.265. The maximum absolute atomic E-state index is 9.01. The first kappa shape index (κ1) is 10.4. The molecule has 1 aromatic rings. The molecule has 0 saturated heterocycles. The van der Waals surface area contributed by atoms with E-state index >= 15 is 0 Å². The Kier molecular flexibility index (Phi) is 4.06. The molecule has 0 amide bonds. The molecule has 0 aliphatic heterocycles. The molecule has 0 aromatic heterocycles. The van der Waals surface area contributed by atoms with Gasteiger partial charge in [0.15, 0.2) is 0 Å². The number of aromatic hydroxyl groups is 1. The van der Waals surface area contributed by atoms with E-state index in [1.165, 1.54) is 0 Å². The predicted octanol–water partition coefficient (Wildman–Crippen LogP) is 2.10. The van der Waals surface area contributed by atoms with Gasteiger partial charge < -0.3 is 5.11 Å².